The monoisotopic (exact) mass is 191 g/mol. The number of hydrogen-bond donors (Lipinski definition) is 1. The van der Waals surface area contributed by atoms with Crippen LogP contribution in [0.15, 0.2) is 30.5 Å². The molecule has 3 heteroatoms. The minimum atomic E-state index is 0.747. The van der Waals surface area contributed by atoms with Crippen molar-refractivity contribution in [3.05, 3.63) is 35.1 Å². The Balaban J connectivity index is 2.92. The summed E-state index contributed by atoms with van der Waals surface area (Å²) in [5.74, 6) is 0.859. The third kappa shape index (κ3) is 1.31. The van der Waals surface area contributed by atoms with E-state index in [9.17, 15) is 0 Å². The zero-order valence-corrected chi connectivity index (χ0v) is 8.02. The van der Waals surface area contributed by atoms with Gasteiger partial charge in [0.15, 0.2) is 0 Å². The molecular weight excluding hydrogens is 182 g/mol. The third-order valence-corrected chi connectivity index (χ3v) is 2.33. The van der Waals surface area contributed by atoms with Crippen molar-refractivity contribution in [1.82, 2.24) is 4.98 Å². The van der Waals surface area contributed by atoms with Gasteiger partial charge in [-0.25, -0.2) is 0 Å². The first kappa shape index (κ1) is 8.26. The Hall–Kier alpha value is -1.35. The van der Waals surface area contributed by atoms with Gasteiger partial charge in [-0.15, -0.1) is 0 Å². The molecule has 0 aliphatic rings. The second-order valence-corrected chi connectivity index (χ2v) is 3.14. The minimum absolute atomic E-state index is 0.747. The lowest BCUT2D eigenvalue weighted by Gasteiger charge is -2.03. The fourth-order valence-electron chi connectivity index (χ4n) is 1.37. The molecule has 2 nitrogen and oxygen atoms in total. The average Bonchev–Trinajstić information content (AvgIpc) is 2.18. The molecule has 1 aromatic carbocycles. The second-order valence-electron chi connectivity index (χ2n) is 2.73. The van der Waals surface area contributed by atoms with E-state index >= 15 is 0 Å². The van der Waals surface area contributed by atoms with Gasteiger partial charge in [0.1, 0.15) is 10.4 Å². The Bertz CT molecular complexity index is 489. The lowest BCUT2D eigenvalue weighted by atomic mass is 10.1. The first-order valence-electron chi connectivity index (χ1n) is 3.97. The summed E-state index contributed by atoms with van der Waals surface area (Å²) in [7, 11) is 1.66. The average molecular weight is 191 g/mol. The number of aromatic nitrogens is 1. The molecule has 1 heterocycles. The van der Waals surface area contributed by atoms with E-state index in [1.807, 2.05) is 30.5 Å². The molecule has 1 N–H and O–H groups in total. The van der Waals surface area contributed by atoms with Crippen molar-refractivity contribution in [2.75, 3.05) is 7.11 Å². The fourth-order valence-corrected chi connectivity index (χ4v) is 1.62. The first-order chi connectivity index (χ1) is 6.33. The second kappa shape index (κ2) is 3.18. The number of hydrogen-bond acceptors (Lipinski definition) is 2. The topological polar surface area (TPSA) is 25.0 Å². The molecule has 0 saturated heterocycles. The van der Waals surface area contributed by atoms with Gasteiger partial charge in [-0.3, -0.25) is 0 Å². The van der Waals surface area contributed by atoms with Gasteiger partial charge in [0, 0.05) is 17.0 Å². The number of rotatable bonds is 1. The Kier molecular flexibility index (Phi) is 2.02. The Morgan fingerprint density at radius 1 is 1.23 bits per heavy atom. The SMILES string of the molecule is COc1cccc2c(=S)[nH]ccc12. The quantitative estimate of drug-likeness (QED) is 0.701. The predicted molar refractivity (Wildman–Crippen MR) is 55.7 cm³/mol. The van der Waals surface area contributed by atoms with Gasteiger partial charge in [-0.2, -0.15) is 0 Å². The van der Waals surface area contributed by atoms with E-state index in [2.05, 4.69) is 4.98 Å². The van der Waals surface area contributed by atoms with Crippen molar-refractivity contribution in [3.63, 3.8) is 0 Å². The van der Waals surface area contributed by atoms with Crippen LogP contribution in [0.1, 0.15) is 0 Å². The Morgan fingerprint density at radius 3 is 2.85 bits per heavy atom. The molecule has 0 fully saturated rings. The molecule has 0 spiro atoms. The van der Waals surface area contributed by atoms with Gasteiger partial charge in [0.2, 0.25) is 0 Å². The fraction of sp³-hybridized carbons (Fsp3) is 0.100. The molecule has 66 valence electrons. The molecule has 2 aromatic rings. The molecule has 1 aromatic heterocycles. The van der Waals surface area contributed by atoms with E-state index in [1.165, 1.54) is 0 Å². The number of nitrogens with one attached hydrogen (secondary N) is 1. The summed E-state index contributed by atoms with van der Waals surface area (Å²) in [6.45, 7) is 0. The molecule has 2 rings (SSSR count). The Labute approximate surface area is 81.2 Å². The van der Waals surface area contributed by atoms with Gasteiger partial charge in [0.25, 0.3) is 0 Å². The summed E-state index contributed by atoms with van der Waals surface area (Å²) in [4.78, 5) is 2.98. The lowest BCUT2D eigenvalue weighted by Crippen LogP contribution is -1.85. The summed E-state index contributed by atoms with van der Waals surface area (Å²) in [6.07, 6.45) is 1.83. The van der Waals surface area contributed by atoms with E-state index in [0.29, 0.717) is 0 Å². The number of methoxy groups -OCH3 is 1. The van der Waals surface area contributed by atoms with Crippen molar-refractivity contribution in [2.24, 2.45) is 0 Å². The van der Waals surface area contributed by atoms with Crippen LogP contribution in [0.5, 0.6) is 5.75 Å². The van der Waals surface area contributed by atoms with Crippen LogP contribution in [-0.4, -0.2) is 12.1 Å². The lowest BCUT2D eigenvalue weighted by molar-refractivity contribution is 0.420. The van der Waals surface area contributed by atoms with Crippen molar-refractivity contribution >= 4 is 23.0 Å². The maximum Gasteiger partial charge on any atom is 0.126 e. The van der Waals surface area contributed by atoms with Crippen LogP contribution in [0, 0.1) is 4.64 Å². The van der Waals surface area contributed by atoms with Crippen molar-refractivity contribution < 1.29 is 4.74 Å². The third-order valence-electron chi connectivity index (χ3n) is 2.00. The Morgan fingerprint density at radius 2 is 2.08 bits per heavy atom. The largest absolute Gasteiger partial charge is 0.496 e. The molecular formula is C10H9NOS. The van der Waals surface area contributed by atoms with Crippen molar-refractivity contribution in [3.8, 4) is 5.75 Å². The van der Waals surface area contributed by atoms with Crippen LogP contribution in [0.3, 0.4) is 0 Å². The highest BCUT2D eigenvalue weighted by atomic mass is 32.1. The van der Waals surface area contributed by atoms with Crippen LogP contribution < -0.4 is 4.74 Å². The molecule has 0 saturated carbocycles. The molecule has 0 amide bonds. The summed E-state index contributed by atoms with van der Waals surface area (Å²) >= 11 is 5.15. The minimum Gasteiger partial charge on any atom is -0.496 e. The molecule has 0 unspecified atom stereocenters. The molecule has 0 bridgehead atoms. The highest BCUT2D eigenvalue weighted by molar-refractivity contribution is 7.71. The summed E-state index contributed by atoms with van der Waals surface area (Å²) in [5.41, 5.74) is 0. The van der Waals surface area contributed by atoms with E-state index in [0.717, 1.165) is 21.2 Å². The van der Waals surface area contributed by atoms with Crippen LogP contribution >= 0.6 is 12.2 Å². The molecule has 0 radical (unpaired) electrons. The van der Waals surface area contributed by atoms with Gasteiger partial charge in [-0.1, -0.05) is 24.4 Å². The molecule has 0 aliphatic carbocycles. The standard InChI is InChI=1S/C10H9NOS/c1-12-9-4-2-3-8-7(9)5-6-11-10(8)13/h2-6H,1H3,(H,11,13). The van der Waals surface area contributed by atoms with Crippen LogP contribution in [-0.2, 0) is 0 Å². The maximum absolute atomic E-state index is 5.22. The van der Waals surface area contributed by atoms with Gasteiger partial charge >= 0.3 is 0 Å². The van der Waals surface area contributed by atoms with E-state index < -0.39 is 0 Å². The summed E-state index contributed by atoms with van der Waals surface area (Å²) in [6, 6.07) is 7.81. The van der Waals surface area contributed by atoms with Gasteiger partial charge in [0.05, 0.1) is 7.11 Å². The van der Waals surface area contributed by atoms with Crippen molar-refractivity contribution in [2.45, 2.75) is 0 Å². The number of fused-ring (bicyclic) bond motifs is 1. The molecule has 0 aliphatic heterocycles. The number of ether oxygens (including phenoxy) is 1. The molecule has 0 atom stereocenters. The normalized spacial score (nSPS) is 10.2. The zero-order valence-electron chi connectivity index (χ0n) is 7.20. The first-order valence-corrected chi connectivity index (χ1v) is 4.38. The molecule has 13 heavy (non-hydrogen) atoms. The van der Waals surface area contributed by atoms with Gasteiger partial charge in [-0.05, 0) is 12.1 Å². The van der Waals surface area contributed by atoms with Crippen LogP contribution in [0.4, 0.5) is 0 Å². The van der Waals surface area contributed by atoms with E-state index in [1.54, 1.807) is 7.11 Å². The van der Waals surface area contributed by atoms with Crippen LogP contribution in [0.2, 0.25) is 0 Å². The predicted octanol–water partition coefficient (Wildman–Crippen LogP) is 2.91. The summed E-state index contributed by atoms with van der Waals surface area (Å²) in [5, 5.41) is 2.07. The number of benzene rings is 1. The maximum atomic E-state index is 5.22. The highest BCUT2D eigenvalue weighted by Gasteiger charge is 1.99. The number of H-pyrrole nitrogens is 1. The van der Waals surface area contributed by atoms with E-state index in [4.69, 9.17) is 17.0 Å². The zero-order chi connectivity index (χ0) is 9.26. The van der Waals surface area contributed by atoms with E-state index in [-0.39, 0.29) is 0 Å². The smallest absolute Gasteiger partial charge is 0.126 e. The number of aromatic amines is 1. The van der Waals surface area contributed by atoms with Crippen LogP contribution in [0.25, 0.3) is 10.8 Å². The summed E-state index contributed by atoms with van der Waals surface area (Å²) < 4.78 is 5.97. The van der Waals surface area contributed by atoms with Crippen molar-refractivity contribution in [1.29, 1.82) is 0 Å². The highest BCUT2D eigenvalue weighted by Crippen LogP contribution is 2.24. The van der Waals surface area contributed by atoms with Gasteiger partial charge < -0.3 is 9.72 Å². The number of pyridine rings is 1.